The summed E-state index contributed by atoms with van der Waals surface area (Å²) in [7, 11) is 0. The van der Waals surface area contributed by atoms with Crippen molar-refractivity contribution < 1.29 is 4.74 Å². The molecule has 0 aromatic heterocycles. The van der Waals surface area contributed by atoms with E-state index in [2.05, 4.69) is 19.2 Å². The van der Waals surface area contributed by atoms with Gasteiger partial charge in [0.05, 0.1) is 0 Å². The Morgan fingerprint density at radius 1 is 1.53 bits per heavy atom. The third-order valence-electron chi connectivity index (χ3n) is 3.42. The van der Waals surface area contributed by atoms with Gasteiger partial charge in [-0.15, -0.1) is 0 Å². The van der Waals surface area contributed by atoms with Gasteiger partial charge in [-0.05, 0) is 49.1 Å². The molecule has 94 valence electrons. The molecule has 2 unspecified atom stereocenters. The summed E-state index contributed by atoms with van der Waals surface area (Å²) in [6.45, 7) is 6.40. The predicted molar refractivity (Wildman–Crippen MR) is 72.1 cm³/mol. The summed E-state index contributed by atoms with van der Waals surface area (Å²) in [5.74, 6) is 1.48. The Hall–Kier alpha value is -0.730. The maximum absolute atomic E-state index is 6.07. The molecule has 1 N–H and O–H groups in total. The van der Waals surface area contributed by atoms with Crippen LogP contribution in [0.15, 0.2) is 18.2 Å². The molecule has 1 aromatic rings. The number of halogens is 1. The Balaban J connectivity index is 2.19. The molecule has 1 aliphatic heterocycles. The van der Waals surface area contributed by atoms with Crippen LogP contribution in [0.25, 0.3) is 0 Å². The Kier molecular flexibility index (Phi) is 4.30. The lowest BCUT2D eigenvalue weighted by atomic mass is 9.97. The van der Waals surface area contributed by atoms with Crippen LogP contribution in [0.4, 0.5) is 0 Å². The van der Waals surface area contributed by atoms with Gasteiger partial charge in [0.15, 0.2) is 0 Å². The molecule has 2 atom stereocenters. The molecule has 3 heteroatoms. The Labute approximate surface area is 108 Å². The van der Waals surface area contributed by atoms with Crippen molar-refractivity contribution in [2.45, 2.75) is 38.7 Å². The highest BCUT2D eigenvalue weighted by molar-refractivity contribution is 6.30. The third-order valence-corrected chi connectivity index (χ3v) is 3.66. The van der Waals surface area contributed by atoms with Gasteiger partial charge in [-0.25, -0.2) is 0 Å². The minimum atomic E-state index is 0.305. The summed E-state index contributed by atoms with van der Waals surface area (Å²) in [5.41, 5.74) is 1.23. The molecule has 1 heterocycles. The maximum atomic E-state index is 6.07. The first-order valence-electron chi connectivity index (χ1n) is 6.37. The summed E-state index contributed by atoms with van der Waals surface area (Å²) >= 11 is 6.07. The molecule has 17 heavy (non-hydrogen) atoms. The van der Waals surface area contributed by atoms with Crippen LogP contribution in [0.3, 0.4) is 0 Å². The number of rotatable bonds is 4. The van der Waals surface area contributed by atoms with E-state index in [0.717, 1.165) is 36.7 Å². The van der Waals surface area contributed by atoms with Gasteiger partial charge in [0, 0.05) is 11.6 Å². The van der Waals surface area contributed by atoms with Crippen LogP contribution in [0, 0.1) is 0 Å². The summed E-state index contributed by atoms with van der Waals surface area (Å²) in [6.07, 6.45) is 2.49. The molecule has 1 fully saturated rings. The Bertz CT molecular complexity index is 374. The van der Waals surface area contributed by atoms with Crippen molar-refractivity contribution in [1.82, 2.24) is 5.32 Å². The van der Waals surface area contributed by atoms with E-state index < -0.39 is 0 Å². The van der Waals surface area contributed by atoms with Gasteiger partial charge >= 0.3 is 0 Å². The van der Waals surface area contributed by atoms with Crippen molar-refractivity contribution in [3.8, 4) is 5.75 Å². The van der Waals surface area contributed by atoms with E-state index in [4.69, 9.17) is 16.3 Å². The highest BCUT2D eigenvalue weighted by Crippen LogP contribution is 2.32. The lowest BCUT2D eigenvalue weighted by molar-refractivity contribution is 0.220. The predicted octanol–water partition coefficient (Wildman–Crippen LogP) is 3.59. The molecule has 1 saturated heterocycles. The topological polar surface area (TPSA) is 21.3 Å². The van der Waals surface area contributed by atoms with E-state index in [1.54, 1.807) is 0 Å². The minimum Gasteiger partial charge on any atom is -0.489 e. The van der Waals surface area contributed by atoms with Crippen LogP contribution in [0.2, 0.25) is 5.02 Å². The smallest absolute Gasteiger partial charge is 0.123 e. The molecule has 2 rings (SSSR count). The van der Waals surface area contributed by atoms with E-state index in [-0.39, 0.29) is 0 Å². The fraction of sp³-hybridized carbons (Fsp3) is 0.571. The molecule has 2 nitrogen and oxygen atoms in total. The second-order valence-corrected chi connectivity index (χ2v) is 5.16. The second-order valence-electron chi connectivity index (χ2n) is 4.72. The van der Waals surface area contributed by atoms with Crippen molar-refractivity contribution in [3.63, 3.8) is 0 Å². The van der Waals surface area contributed by atoms with E-state index in [1.807, 2.05) is 18.2 Å². The molecular weight excluding hydrogens is 234 g/mol. The maximum Gasteiger partial charge on any atom is 0.123 e. The third kappa shape index (κ3) is 3.14. The van der Waals surface area contributed by atoms with Crippen molar-refractivity contribution in [2.24, 2.45) is 0 Å². The first kappa shape index (κ1) is 12.7. The molecule has 1 aliphatic rings. The van der Waals surface area contributed by atoms with Crippen LogP contribution >= 0.6 is 11.6 Å². The van der Waals surface area contributed by atoms with Crippen LogP contribution in [-0.2, 0) is 0 Å². The van der Waals surface area contributed by atoms with Crippen LogP contribution in [0.1, 0.15) is 38.2 Å². The summed E-state index contributed by atoms with van der Waals surface area (Å²) < 4.78 is 6.06. The zero-order valence-corrected chi connectivity index (χ0v) is 11.3. The summed E-state index contributed by atoms with van der Waals surface area (Å²) in [6, 6.07) is 5.95. The zero-order chi connectivity index (χ0) is 12.3. The number of ether oxygens (including phenoxy) is 1. The fourth-order valence-corrected chi connectivity index (χ4v) is 2.32. The van der Waals surface area contributed by atoms with Gasteiger partial charge in [0.25, 0.3) is 0 Å². The largest absolute Gasteiger partial charge is 0.489 e. The molecule has 0 spiro atoms. The van der Waals surface area contributed by atoms with Crippen LogP contribution in [0.5, 0.6) is 5.75 Å². The zero-order valence-electron chi connectivity index (χ0n) is 10.5. The SMILES string of the molecule is CCC(C)c1cc(Cl)ccc1OC1CCNC1. The highest BCUT2D eigenvalue weighted by Gasteiger charge is 2.19. The standard InChI is InChI=1S/C14H20ClNO/c1-3-10(2)13-8-11(15)4-5-14(13)17-12-6-7-16-9-12/h4-5,8,10,12,16H,3,6-7,9H2,1-2H3. The van der Waals surface area contributed by atoms with E-state index in [1.165, 1.54) is 5.56 Å². The minimum absolute atomic E-state index is 0.305. The lowest BCUT2D eigenvalue weighted by Crippen LogP contribution is -2.20. The van der Waals surface area contributed by atoms with Gasteiger partial charge in [-0.3, -0.25) is 0 Å². The molecular formula is C14H20ClNO. The Morgan fingerprint density at radius 3 is 3.00 bits per heavy atom. The molecule has 0 amide bonds. The Morgan fingerprint density at radius 2 is 2.35 bits per heavy atom. The first-order valence-corrected chi connectivity index (χ1v) is 6.75. The van der Waals surface area contributed by atoms with Gasteiger partial charge in [0.2, 0.25) is 0 Å². The molecule has 0 saturated carbocycles. The van der Waals surface area contributed by atoms with Crippen molar-refractivity contribution in [2.75, 3.05) is 13.1 Å². The van der Waals surface area contributed by atoms with Crippen LogP contribution < -0.4 is 10.1 Å². The van der Waals surface area contributed by atoms with Gasteiger partial charge in [0.1, 0.15) is 11.9 Å². The molecule has 0 bridgehead atoms. The second kappa shape index (κ2) is 5.74. The van der Waals surface area contributed by atoms with Gasteiger partial charge < -0.3 is 10.1 Å². The fourth-order valence-electron chi connectivity index (χ4n) is 2.14. The van der Waals surface area contributed by atoms with Crippen molar-refractivity contribution in [1.29, 1.82) is 0 Å². The normalized spacial score (nSPS) is 21.5. The summed E-state index contributed by atoms with van der Waals surface area (Å²) in [4.78, 5) is 0. The van der Waals surface area contributed by atoms with Crippen molar-refractivity contribution in [3.05, 3.63) is 28.8 Å². The highest BCUT2D eigenvalue weighted by atomic mass is 35.5. The monoisotopic (exact) mass is 253 g/mol. The molecule has 0 radical (unpaired) electrons. The molecule has 1 aromatic carbocycles. The van der Waals surface area contributed by atoms with E-state index >= 15 is 0 Å². The van der Waals surface area contributed by atoms with Gasteiger partial charge in [-0.1, -0.05) is 25.4 Å². The number of hydrogen-bond donors (Lipinski definition) is 1. The van der Waals surface area contributed by atoms with E-state index in [9.17, 15) is 0 Å². The number of hydrogen-bond acceptors (Lipinski definition) is 2. The lowest BCUT2D eigenvalue weighted by Gasteiger charge is -2.19. The number of nitrogens with one attached hydrogen (secondary N) is 1. The van der Waals surface area contributed by atoms with Crippen molar-refractivity contribution >= 4 is 11.6 Å². The quantitative estimate of drug-likeness (QED) is 0.885. The summed E-state index contributed by atoms with van der Waals surface area (Å²) in [5, 5.41) is 4.10. The number of benzene rings is 1. The van der Waals surface area contributed by atoms with Gasteiger partial charge in [-0.2, -0.15) is 0 Å². The van der Waals surface area contributed by atoms with E-state index in [0.29, 0.717) is 12.0 Å². The molecule has 0 aliphatic carbocycles. The average Bonchev–Trinajstić information content (AvgIpc) is 2.83. The average molecular weight is 254 g/mol. The van der Waals surface area contributed by atoms with Crippen LogP contribution in [-0.4, -0.2) is 19.2 Å². The first-order chi connectivity index (χ1) is 8.20.